The molecule has 0 heterocycles. The van der Waals surface area contributed by atoms with Gasteiger partial charge in [0, 0.05) is 12.6 Å². The van der Waals surface area contributed by atoms with Crippen LogP contribution in [0, 0.1) is 0 Å². The van der Waals surface area contributed by atoms with Crippen LogP contribution in [0.2, 0.25) is 0 Å². The molecule has 0 aliphatic heterocycles. The van der Waals surface area contributed by atoms with Crippen LogP contribution in [0.4, 0.5) is 4.79 Å². The maximum atomic E-state index is 12.2. The zero-order valence-corrected chi connectivity index (χ0v) is 12.3. The fraction of sp³-hybridized carbons (Fsp3) is 0.929. The van der Waals surface area contributed by atoms with Crippen LogP contribution in [-0.2, 0) is 4.74 Å². The summed E-state index contributed by atoms with van der Waals surface area (Å²) in [4.78, 5) is 14.2. The van der Waals surface area contributed by atoms with Crippen LogP contribution in [0.5, 0.6) is 0 Å². The molecule has 4 nitrogen and oxygen atoms in total. The van der Waals surface area contributed by atoms with Crippen molar-refractivity contribution in [1.29, 1.82) is 0 Å². The zero-order chi connectivity index (χ0) is 13.6. The van der Waals surface area contributed by atoms with Crippen molar-refractivity contribution in [3.05, 3.63) is 0 Å². The van der Waals surface area contributed by atoms with Crippen molar-refractivity contribution in [1.82, 2.24) is 10.2 Å². The lowest BCUT2D eigenvalue weighted by molar-refractivity contribution is 0.0163. The van der Waals surface area contributed by atoms with Gasteiger partial charge in [-0.2, -0.15) is 0 Å². The standard InChI is InChI=1S/C14H28N2O2/c1-14(2,3)18-13(17)16(11-7-10-15-4)12-8-5-6-9-12/h12,15H,5-11H2,1-4H3. The molecule has 1 fully saturated rings. The molecule has 106 valence electrons. The van der Waals surface area contributed by atoms with E-state index in [9.17, 15) is 4.79 Å². The third-order valence-electron chi connectivity index (χ3n) is 3.22. The summed E-state index contributed by atoms with van der Waals surface area (Å²) in [6.45, 7) is 7.49. The lowest BCUT2D eigenvalue weighted by Crippen LogP contribution is -2.43. The number of hydrogen-bond acceptors (Lipinski definition) is 3. The quantitative estimate of drug-likeness (QED) is 0.769. The lowest BCUT2D eigenvalue weighted by atomic mass is 10.2. The van der Waals surface area contributed by atoms with E-state index < -0.39 is 5.60 Å². The molecular formula is C14H28N2O2. The molecule has 0 spiro atoms. The molecular weight excluding hydrogens is 228 g/mol. The van der Waals surface area contributed by atoms with E-state index >= 15 is 0 Å². The van der Waals surface area contributed by atoms with Crippen molar-refractivity contribution in [2.45, 2.75) is 64.5 Å². The molecule has 0 bridgehead atoms. The normalized spacial score (nSPS) is 16.9. The predicted molar refractivity (Wildman–Crippen MR) is 73.7 cm³/mol. The Hall–Kier alpha value is -0.770. The highest BCUT2D eigenvalue weighted by atomic mass is 16.6. The molecule has 1 rings (SSSR count). The van der Waals surface area contributed by atoms with E-state index in [4.69, 9.17) is 4.74 Å². The number of amides is 1. The van der Waals surface area contributed by atoms with Crippen LogP contribution in [0.25, 0.3) is 0 Å². The molecule has 1 amide bonds. The minimum Gasteiger partial charge on any atom is -0.444 e. The van der Waals surface area contributed by atoms with Crippen LogP contribution < -0.4 is 5.32 Å². The first-order valence-electron chi connectivity index (χ1n) is 7.08. The van der Waals surface area contributed by atoms with E-state index in [1.807, 2.05) is 32.7 Å². The van der Waals surface area contributed by atoms with Gasteiger partial charge in [-0.05, 0) is 53.6 Å². The summed E-state index contributed by atoms with van der Waals surface area (Å²) < 4.78 is 5.51. The Morgan fingerprint density at radius 3 is 2.44 bits per heavy atom. The van der Waals surface area contributed by atoms with E-state index in [1.54, 1.807) is 0 Å². The minimum atomic E-state index is -0.406. The summed E-state index contributed by atoms with van der Waals surface area (Å²) in [6, 6.07) is 0.386. The number of hydrogen-bond donors (Lipinski definition) is 1. The summed E-state index contributed by atoms with van der Waals surface area (Å²) in [6.07, 6.45) is 5.54. The molecule has 18 heavy (non-hydrogen) atoms. The number of nitrogens with one attached hydrogen (secondary N) is 1. The van der Waals surface area contributed by atoms with Crippen molar-refractivity contribution in [2.24, 2.45) is 0 Å². The van der Waals surface area contributed by atoms with Gasteiger partial charge in [-0.3, -0.25) is 0 Å². The second kappa shape index (κ2) is 6.98. The van der Waals surface area contributed by atoms with E-state index in [0.29, 0.717) is 6.04 Å². The van der Waals surface area contributed by atoms with Gasteiger partial charge < -0.3 is 15.0 Å². The summed E-state index contributed by atoms with van der Waals surface area (Å²) >= 11 is 0. The fourth-order valence-electron chi connectivity index (χ4n) is 2.39. The van der Waals surface area contributed by atoms with E-state index in [2.05, 4.69) is 5.32 Å². The zero-order valence-electron chi connectivity index (χ0n) is 12.3. The number of ether oxygens (including phenoxy) is 1. The minimum absolute atomic E-state index is 0.148. The van der Waals surface area contributed by atoms with Gasteiger partial charge in [0.2, 0.25) is 0 Å². The molecule has 0 aromatic rings. The van der Waals surface area contributed by atoms with Crippen LogP contribution in [0.1, 0.15) is 52.9 Å². The van der Waals surface area contributed by atoms with Gasteiger partial charge in [-0.1, -0.05) is 12.8 Å². The number of carbonyl (C=O) groups is 1. The van der Waals surface area contributed by atoms with Crippen molar-refractivity contribution in [3.63, 3.8) is 0 Å². The Bertz CT molecular complexity index is 255. The molecule has 1 N–H and O–H groups in total. The van der Waals surface area contributed by atoms with E-state index in [0.717, 1.165) is 32.4 Å². The highest BCUT2D eigenvalue weighted by Gasteiger charge is 2.29. The molecule has 1 aliphatic rings. The van der Waals surface area contributed by atoms with Crippen LogP contribution in [0.15, 0.2) is 0 Å². The number of carbonyl (C=O) groups excluding carboxylic acids is 1. The molecule has 4 heteroatoms. The smallest absolute Gasteiger partial charge is 0.410 e. The molecule has 0 radical (unpaired) electrons. The van der Waals surface area contributed by atoms with Crippen molar-refractivity contribution in [2.75, 3.05) is 20.1 Å². The average Bonchev–Trinajstić information content (AvgIpc) is 2.74. The summed E-state index contributed by atoms with van der Waals surface area (Å²) in [5.41, 5.74) is -0.406. The largest absolute Gasteiger partial charge is 0.444 e. The van der Waals surface area contributed by atoms with Crippen molar-refractivity contribution in [3.8, 4) is 0 Å². The van der Waals surface area contributed by atoms with Gasteiger partial charge in [-0.25, -0.2) is 4.79 Å². The van der Waals surface area contributed by atoms with Crippen LogP contribution in [0.3, 0.4) is 0 Å². The fourth-order valence-corrected chi connectivity index (χ4v) is 2.39. The molecule has 1 aliphatic carbocycles. The first kappa shape index (κ1) is 15.3. The Kier molecular flexibility index (Phi) is 5.93. The Labute approximate surface area is 111 Å². The summed E-state index contributed by atoms with van der Waals surface area (Å²) in [5, 5.41) is 3.12. The molecule has 0 aromatic carbocycles. The predicted octanol–water partition coefficient (Wildman–Crippen LogP) is 2.78. The van der Waals surface area contributed by atoms with Gasteiger partial charge in [0.05, 0.1) is 0 Å². The highest BCUT2D eigenvalue weighted by Crippen LogP contribution is 2.25. The third-order valence-corrected chi connectivity index (χ3v) is 3.22. The maximum Gasteiger partial charge on any atom is 0.410 e. The summed E-state index contributed by atoms with van der Waals surface area (Å²) in [7, 11) is 1.94. The molecule has 0 saturated heterocycles. The Balaban J connectivity index is 2.55. The molecule has 0 unspecified atom stereocenters. The Morgan fingerprint density at radius 1 is 1.33 bits per heavy atom. The van der Waals surface area contributed by atoms with Crippen LogP contribution in [-0.4, -0.2) is 42.8 Å². The molecule has 1 saturated carbocycles. The first-order valence-corrected chi connectivity index (χ1v) is 7.08. The van der Waals surface area contributed by atoms with Gasteiger partial charge in [0.15, 0.2) is 0 Å². The first-order chi connectivity index (χ1) is 8.44. The van der Waals surface area contributed by atoms with Gasteiger partial charge >= 0.3 is 6.09 Å². The van der Waals surface area contributed by atoms with E-state index in [1.165, 1.54) is 12.8 Å². The van der Waals surface area contributed by atoms with Crippen molar-refractivity contribution >= 4 is 6.09 Å². The van der Waals surface area contributed by atoms with Gasteiger partial charge in [0.1, 0.15) is 5.60 Å². The topological polar surface area (TPSA) is 41.6 Å². The molecule has 0 aromatic heterocycles. The second-order valence-corrected chi connectivity index (χ2v) is 6.07. The van der Waals surface area contributed by atoms with Crippen molar-refractivity contribution < 1.29 is 9.53 Å². The number of nitrogens with zero attached hydrogens (tertiary/aromatic N) is 1. The lowest BCUT2D eigenvalue weighted by Gasteiger charge is -2.31. The molecule has 0 atom stereocenters. The van der Waals surface area contributed by atoms with E-state index in [-0.39, 0.29) is 6.09 Å². The van der Waals surface area contributed by atoms with Crippen LogP contribution >= 0.6 is 0 Å². The number of rotatable bonds is 5. The monoisotopic (exact) mass is 256 g/mol. The second-order valence-electron chi connectivity index (χ2n) is 6.07. The summed E-state index contributed by atoms with van der Waals surface area (Å²) in [5.74, 6) is 0. The van der Waals surface area contributed by atoms with Gasteiger partial charge in [0.25, 0.3) is 0 Å². The highest BCUT2D eigenvalue weighted by molar-refractivity contribution is 5.68. The van der Waals surface area contributed by atoms with Gasteiger partial charge in [-0.15, -0.1) is 0 Å². The Morgan fingerprint density at radius 2 is 1.94 bits per heavy atom. The SMILES string of the molecule is CNCCCN(C(=O)OC(C)(C)C)C1CCCC1. The maximum absolute atomic E-state index is 12.2. The average molecular weight is 256 g/mol. The third kappa shape index (κ3) is 5.25.